The van der Waals surface area contributed by atoms with Crippen molar-refractivity contribution in [2.24, 2.45) is 0 Å². The standard InChI is InChI=1S/C8H9ClN2OS/c1-6(9)5-10-8(12)11-7-3-2-4-13-7/h2-4H,1,5H2,(H2,10,11,12). The average Bonchev–Trinajstić information content (AvgIpc) is 2.53. The zero-order chi connectivity index (χ0) is 9.68. The minimum Gasteiger partial charge on any atom is -0.333 e. The molecule has 0 aliphatic heterocycles. The quantitative estimate of drug-likeness (QED) is 0.802. The number of hydrogen-bond acceptors (Lipinski definition) is 2. The number of hydrogen-bond donors (Lipinski definition) is 2. The van der Waals surface area contributed by atoms with E-state index in [1.165, 1.54) is 11.3 Å². The van der Waals surface area contributed by atoms with Gasteiger partial charge in [0.2, 0.25) is 0 Å². The van der Waals surface area contributed by atoms with Gasteiger partial charge in [-0.2, -0.15) is 0 Å². The summed E-state index contributed by atoms with van der Waals surface area (Å²) >= 11 is 6.93. The van der Waals surface area contributed by atoms with Crippen molar-refractivity contribution in [3.63, 3.8) is 0 Å². The van der Waals surface area contributed by atoms with Crippen molar-refractivity contribution in [1.29, 1.82) is 0 Å². The van der Waals surface area contributed by atoms with Gasteiger partial charge in [-0.25, -0.2) is 4.79 Å². The summed E-state index contributed by atoms with van der Waals surface area (Å²) in [6.45, 7) is 3.73. The Hall–Kier alpha value is -1.000. The molecule has 0 atom stereocenters. The SMILES string of the molecule is C=C(Cl)CNC(=O)Nc1cccs1. The highest BCUT2D eigenvalue weighted by Gasteiger charge is 2.00. The van der Waals surface area contributed by atoms with Crippen molar-refractivity contribution in [3.8, 4) is 0 Å². The molecule has 3 nitrogen and oxygen atoms in total. The number of rotatable bonds is 3. The molecule has 2 N–H and O–H groups in total. The van der Waals surface area contributed by atoms with Crippen molar-refractivity contribution in [1.82, 2.24) is 5.32 Å². The molecular weight excluding hydrogens is 208 g/mol. The number of nitrogens with one attached hydrogen (secondary N) is 2. The lowest BCUT2D eigenvalue weighted by Gasteiger charge is -2.03. The number of anilines is 1. The first-order valence-electron chi connectivity index (χ1n) is 3.60. The Kier molecular flexibility index (Phi) is 3.79. The van der Waals surface area contributed by atoms with Gasteiger partial charge in [-0.3, -0.25) is 5.32 Å². The molecule has 0 bridgehead atoms. The second-order valence-corrected chi connectivity index (χ2v) is 3.78. The summed E-state index contributed by atoms with van der Waals surface area (Å²) in [6.07, 6.45) is 0. The van der Waals surface area contributed by atoms with E-state index in [9.17, 15) is 4.79 Å². The lowest BCUT2D eigenvalue weighted by atomic mass is 10.6. The fourth-order valence-corrected chi connectivity index (χ4v) is 1.36. The van der Waals surface area contributed by atoms with E-state index in [1.54, 1.807) is 0 Å². The molecule has 1 rings (SSSR count). The van der Waals surface area contributed by atoms with Gasteiger partial charge in [0.1, 0.15) is 0 Å². The first-order valence-corrected chi connectivity index (χ1v) is 4.86. The number of carbonyl (C=O) groups excluding carboxylic acids is 1. The predicted molar refractivity (Wildman–Crippen MR) is 56.3 cm³/mol. The van der Waals surface area contributed by atoms with Crippen LogP contribution in [-0.2, 0) is 0 Å². The maximum Gasteiger partial charge on any atom is 0.320 e. The van der Waals surface area contributed by atoms with E-state index < -0.39 is 0 Å². The topological polar surface area (TPSA) is 41.1 Å². The highest BCUT2D eigenvalue weighted by molar-refractivity contribution is 7.14. The van der Waals surface area contributed by atoms with Gasteiger partial charge in [0, 0.05) is 5.03 Å². The van der Waals surface area contributed by atoms with Gasteiger partial charge in [0.15, 0.2) is 0 Å². The third kappa shape index (κ3) is 3.96. The first-order chi connectivity index (χ1) is 6.18. The first kappa shape index (κ1) is 10.1. The zero-order valence-electron chi connectivity index (χ0n) is 6.84. The maximum atomic E-state index is 11.1. The van der Waals surface area contributed by atoms with Crippen LogP contribution in [0.5, 0.6) is 0 Å². The van der Waals surface area contributed by atoms with Gasteiger partial charge in [0.05, 0.1) is 11.5 Å². The van der Waals surface area contributed by atoms with Crippen LogP contribution >= 0.6 is 22.9 Å². The van der Waals surface area contributed by atoms with Crippen LogP contribution in [0.25, 0.3) is 0 Å². The molecule has 70 valence electrons. The molecule has 0 aromatic carbocycles. The highest BCUT2D eigenvalue weighted by Crippen LogP contribution is 2.14. The smallest absolute Gasteiger partial charge is 0.320 e. The van der Waals surface area contributed by atoms with E-state index in [-0.39, 0.29) is 12.6 Å². The molecule has 0 unspecified atom stereocenters. The lowest BCUT2D eigenvalue weighted by molar-refractivity contribution is 0.253. The Morgan fingerprint density at radius 3 is 3.00 bits per heavy atom. The molecule has 0 aliphatic carbocycles. The Morgan fingerprint density at radius 1 is 1.69 bits per heavy atom. The molecule has 1 aromatic rings. The number of urea groups is 1. The molecule has 1 aromatic heterocycles. The fraction of sp³-hybridized carbons (Fsp3) is 0.125. The molecule has 0 spiro atoms. The molecule has 0 radical (unpaired) electrons. The van der Waals surface area contributed by atoms with Gasteiger partial charge in [-0.15, -0.1) is 11.3 Å². The number of thiophene rings is 1. The van der Waals surface area contributed by atoms with Crippen LogP contribution in [0.4, 0.5) is 9.80 Å². The second kappa shape index (κ2) is 4.89. The van der Waals surface area contributed by atoms with E-state index >= 15 is 0 Å². The van der Waals surface area contributed by atoms with Crippen LogP contribution in [0.3, 0.4) is 0 Å². The minimum absolute atomic E-state index is 0.274. The van der Waals surface area contributed by atoms with Crippen molar-refractivity contribution in [3.05, 3.63) is 29.1 Å². The molecule has 13 heavy (non-hydrogen) atoms. The third-order valence-electron chi connectivity index (χ3n) is 1.20. The predicted octanol–water partition coefficient (Wildman–Crippen LogP) is 2.62. The minimum atomic E-state index is -0.274. The largest absolute Gasteiger partial charge is 0.333 e. The number of amides is 2. The molecule has 0 fully saturated rings. The summed E-state index contributed by atoms with van der Waals surface area (Å²) in [5, 5.41) is 8.28. The maximum absolute atomic E-state index is 11.1. The molecule has 0 saturated carbocycles. The lowest BCUT2D eigenvalue weighted by Crippen LogP contribution is -2.29. The van der Waals surface area contributed by atoms with Crippen LogP contribution in [0, 0.1) is 0 Å². The van der Waals surface area contributed by atoms with Crippen LogP contribution in [-0.4, -0.2) is 12.6 Å². The summed E-state index contributed by atoms with van der Waals surface area (Å²) in [5.74, 6) is 0. The Morgan fingerprint density at radius 2 is 2.46 bits per heavy atom. The molecule has 1 heterocycles. The van der Waals surface area contributed by atoms with Crippen LogP contribution < -0.4 is 10.6 Å². The van der Waals surface area contributed by atoms with E-state index in [2.05, 4.69) is 17.2 Å². The van der Waals surface area contributed by atoms with Crippen LogP contribution in [0.1, 0.15) is 0 Å². The van der Waals surface area contributed by atoms with Crippen molar-refractivity contribution in [2.75, 3.05) is 11.9 Å². The fourth-order valence-electron chi connectivity index (χ4n) is 0.682. The summed E-state index contributed by atoms with van der Waals surface area (Å²) in [4.78, 5) is 11.1. The molecular formula is C8H9ClN2OS. The number of halogens is 1. The van der Waals surface area contributed by atoms with Gasteiger partial charge in [-0.1, -0.05) is 18.2 Å². The van der Waals surface area contributed by atoms with E-state index in [0.29, 0.717) is 5.03 Å². The van der Waals surface area contributed by atoms with Gasteiger partial charge < -0.3 is 5.32 Å². The molecule has 0 aliphatic rings. The summed E-state index contributed by atoms with van der Waals surface area (Å²) in [6, 6.07) is 3.41. The Labute approximate surface area is 85.4 Å². The molecule has 2 amide bonds. The van der Waals surface area contributed by atoms with Crippen molar-refractivity contribution >= 4 is 34.0 Å². The van der Waals surface area contributed by atoms with Crippen LogP contribution in [0.2, 0.25) is 0 Å². The van der Waals surface area contributed by atoms with Crippen molar-refractivity contribution < 1.29 is 4.79 Å². The van der Waals surface area contributed by atoms with E-state index in [1.807, 2.05) is 17.5 Å². The Bertz CT molecular complexity index is 297. The van der Waals surface area contributed by atoms with Crippen LogP contribution in [0.15, 0.2) is 29.1 Å². The average molecular weight is 217 g/mol. The van der Waals surface area contributed by atoms with Gasteiger partial charge >= 0.3 is 6.03 Å². The summed E-state index contributed by atoms with van der Waals surface area (Å²) < 4.78 is 0. The summed E-state index contributed by atoms with van der Waals surface area (Å²) in [7, 11) is 0. The second-order valence-electron chi connectivity index (χ2n) is 2.30. The van der Waals surface area contributed by atoms with Gasteiger partial charge in [0.25, 0.3) is 0 Å². The Balaban J connectivity index is 2.30. The monoisotopic (exact) mass is 216 g/mol. The summed E-state index contributed by atoms with van der Waals surface area (Å²) in [5.41, 5.74) is 0. The third-order valence-corrected chi connectivity index (χ3v) is 2.12. The van der Waals surface area contributed by atoms with E-state index in [0.717, 1.165) is 5.00 Å². The zero-order valence-corrected chi connectivity index (χ0v) is 8.41. The van der Waals surface area contributed by atoms with E-state index in [4.69, 9.17) is 11.6 Å². The normalized spacial score (nSPS) is 9.31. The van der Waals surface area contributed by atoms with Crippen molar-refractivity contribution in [2.45, 2.75) is 0 Å². The number of carbonyl (C=O) groups is 1. The highest BCUT2D eigenvalue weighted by atomic mass is 35.5. The molecule has 5 heteroatoms. The molecule has 0 saturated heterocycles. The van der Waals surface area contributed by atoms with Gasteiger partial charge in [-0.05, 0) is 17.5 Å².